The number of nitrogen functional groups attached to an aromatic ring is 2. The number of nitrogens with zero attached hydrogens (tertiary/aromatic N) is 6. The quantitative estimate of drug-likeness (QED) is 0.477. The van der Waals surface area contributed by atoms with Crippen LogP contribution in [-0.4, -0.2) is 29.7 Å². The van der Waals surface area contributed by atoms with Crippen LogP contribution in [0.1, 0.15) is 11.4 Å². The van der Waals surface area contributed by atoms with E-state index in [0.717, 1.165) is 15.9 Å². The van der Waals surface area contributed by atoms with Crippen molar-refractivity contribution < 1.29 is 0 Å². The number of thiophene rings is 1. The Bertz CT molecular complexity index is 1010. The van der Waals surface area contributed by atoms with Crippen LogP contribution in [0.5, 0.6) is 0 Å². The molecule has 27 heavy (non-hydrogen) atoms. The third-order valence-corrected chi connectivity index (χ3v) is 5.52. The largest absolute Gasteiger partial charge is 0.368 e. The summed E-state index contributed by atoms with van der Waals surface area (Å²) in [6.07, 6.45) is 0. The molecule has 0 aliphatic carbocycles. The second-order valence-corrected chi connectivity index (χ2v) is 7.50. The summed E-state index contributed by atoms with van der Waals surface area (Å²) in [6, 6.07) is 14.3. The van der Waals surface area contributed by atoms with Gasteiger partial charge in [0.2, 0.25) is 11.9 Å². The van der Waals surface area contributed by atoms with Crippen molar-refractivity contribution >= 4 is 35.0 Å². The minimum absolute atomic E-state index is 0.114. The number of hydrogen-bond acceptors (Lipinski definition) is 9. The van der Waals surface area contributed by atoms with Crippen LogP contribution in [0.4, 0.5) is 11.9 Å². The molecular weight excluding hydrogens is 380 g/mol. The van der Waals surface area contributed by atoms with E-state index in [-0.39, 0.29) is 11.9 Å². The summed E-state index contributed by atoms with van der Waals surface area (Å²) < 4.78 is 2.10. The molecule has 4 aromatic rings. The monoisotopic (exact) mass is 396 g/mol. The minimum Gasteiger partial charge on any atom is -0.368 e. The Morgan fingerprint density at radius 1 is 0.926 bits per heavy atom. The maximum atomic E-state index is 5.65. The Balaban J connectivity index is 1.63. The fraction of sp³-hybridized carbons (Fsp3) is 0.118. The van der Waals surface area contributed by atoms with Crippen LogP contribution in [0.3, 0.4) is 0 Å². The molecule has 0 fully saturated rings. The Morgan fingerprint density at radius 2 is 1.70 bits per heavy atom. The summed E-state index contributed by atoms with van der Waals surface area (Å²) in [5, 5.41) is 11.6. The molecule has 0 aliphatic heterocycles. The molecule has 4 N–H and O–H groups in total. The molecule has 10 heteroatoms. The van der Waals surface area contributed by atoms with Gasteiger partial charge in [0.1, 0.15) is 5.82 Å². The van der Waals surface area contributed by atoms with Crippen molar-refractivity contribution in [1.82, 2.24) is 29.7 Å². The third-order valence-electron chi connectivity index (χ3n) is 3.69. The summed E-state index contributed by atoms with van der Waals surface area (Å²) >= 11 is 3.12. The minimum atomic E-state index is 0.114. The first-order chi connectivity index (χ1) is 13.2. The number of rotatable bonds is 6. The maximum absolute atomic E-state index is 5.65. The fourth-order valence-corrected chi connectivity index (χ4v) is 4.05. The number of thioether (sulfide) groups is 1. The highest BCUT2D eigenvalue weighted by Crippen LogP contribution is 2.29. The average molecular weight is 397 g/mol. The van der Waals surface area contributed by atoms with E-state index in [2.05, 4.69) is 41.8 Å². The number of hydrogen-bond donors (Lipinski definition) is 2. The van der Waals surface area contributed by atoms with E-state index in [0.29, 0.717) is 18.1 Å². The van der Waals surface area contributed by atoms with E-state index in [4.69, 9.17) is 11.5 Å². The van der Waals surface area contributed by atoms with Crippen molar-refractivity contribution in [3.8, 4) is 10.7 Å². The third kappa shape index (κ3) is 4.07. The lowest BCUT2D eigenvalue weighted by Crippen LogP contribution is -2.07. The topological polar surface area (TPSA) is 121 Å². The van der Waals surface area contributed by atoms with Crippen molar-refractivity contribution in [3.63, 3.8) is 0 Å². The molecule has 0 spiro atoms. The average Bonchev–Trinajstić information content (AvgIpc) is 3.30. The Labute approximate surface area is 163 Å². The molecule has 0 radical (unpaired) electrons. The molecule has 0 saturated heterocycles. The van der Waals surface area contributed by atoms with Gasteiger partial charge in [0.15, 0.2) is 11.0 Å². The zero-order valence-electron chi connectivity index (χ0n) is 14.2. The van der Waals surface area contributed by atoms with Gasteiger partial charge in [0, 0.05) is 0 Å². The van der Waals surface area contributed by atoms with E-state index < -0.39 is 0 Å². The van der Waals surface area contributed by atoms with Crippen LogP contribution in [0, 0.1) is 0 Å². The molecule has 3 aromatic heterocycles. The number of nitrogens with two attached hydrogens (primary N) is 2. The molecule has 4 rings (SSSR count). The van der Waals surface area contributed by atoms with Crippen LogP contribution in [0.25, 0.3) is 10.7 Å². The van der Waals surface area contributed by atoms with E-state index in [9.17, 15) is 0 Å². The first-order valence-electron chi connectivity index (χ1n) is 8.09. The molecule has 0 atom stereocenters. The number of aromatic nitrogens is 6. The lowest BCUT2D eigenvalue weighted by atomic mass is 10.2. The molecule has 3 heterocycles. The Morgan fingerprint density at radius 3 is 2.41 bits per heavy atom. The SMILES string of the molecule is Nc1nc(N)nc(CSc2nnc(-c3cccs3)n2Cc2ccccc2)n1. The van der Waals surface area contributed by atoms with Crippen LogP contribution in [0.2, 0.25) is 0 Å². The number of anilines is 2. The summed E-state index contributed by atoms with van der Waals surface area (Å²) in [4.78, 5) is 13.1. The van der Waals surface area contributed by atoms with Gasteiger partial charge >= 0.3 is 0 Å². The molecule has 1 aromatic carbocycles. The van der Waals surface area contributed by atoms with Crippen LogP contribution in [-0.2, 0) is 12.3 Å². The summed E-state index contributed by atoms with van der Waals surface area (Å²) in [5.41, 5.74) is 12.5. The lowest BCUT2D eigenvalue weighted by Gasteiger charge is -2.09. The zero-order chi connectivity index (χ0) is 18.6. The first kappa shape index (κ1) is 17.4. The van der Waals surface area contributed by atoms with E-state index >= 15 is 0 Å². The lowest BCUT2D eigenvalue weighted by molar-refractivity contribution is 0.715. The van der Waals surface area contributed by atoms with Gasteiger partial charge in [0.25, 0.3) is 0 Å². The molecule has 0 bridgehead atoms. The second-order valence-electron chi connectivity index (χ2n) is 5.61. The zero-order valence-corrected chi connectivity index (χ0v) is 15.8. The van der Waals surface area contributed by atoms with Gasteiger partial charge in [-0.3, -0.25) is 4.57 Å². The first-order valence-corrected chi connectivity index (χ1v) is 9.95. The van der Waals surface area contributed by atoms with E-state index in [1.807, 2.05) is 35.7 Å². The van der Waals surface area contributed by atoms with Gasteiger partial charge in [-0.15, -0.1) is 21.5 Å². The molecule has 136 valence electrons. The van der Waals surface area contributed by atoms with Gasteiger partial charge in [-0.2, -0.15) is 15.0 Å². The highest BCUT2D eigenvalue weighted by atomic mass is 32.2. The second kappa shape index (κ2) is 7.72. The smallest absolute Gasteiger partial charge is 0.225 e. The Kier molecular flexibility index (Phi) is 4.99. The van der Waals surface area contributed by atoms with Gasteiger partial charge in [-0.25, -0.2) is 0 Å². The maximum Gasteiger partial charge on any atom is 0.225 e. The van der Waals surface area contributed by atoms with Crippen molar-refractivity contribution in [2.45, 2.75) is 17.5 Å². The van der Waals surface area contributed by atoms with E-state index in [1.54, 1.807) is 11.3 Å². The summed E-state index contributed by atoms with van der Waals surface area (Å²) in [5.74, 6) is 2.04. The van der Waals surface area contributed by atoms with Gasteiger partial charge in [-0.1, -0.05) is 48.2 Å². The van der Waals surface area contributed by atoms with Crippen molar-refractivity contribution in [2.75, 3.05) is 11.5 Å². The normalized spacial score (nSPS) is 11.0. The standard InChI is InChI=1S/C17H16N8S2/c18-15-20-13(21-16(19)22-15)10-27-17-24-23-14(12-7-4-8-26-12)25(17)9-11-5-2-1-3-6-11/h1-8H,9-10H2,(H4,18,19,20,21,22). The van der Waals surface area contributed by atoms with Crippen LogP contribution < -0.4 is 11.5 Å². The number of benzene rings is 1. The molecule has 0 amide bonds. The molecule has 0 aliphatic rings. The highest BCUT2D eigenvalue weighted by molar-refractivity contribution is 7.98. The molecule has 8 nitrogen and oxygen atoms in total. The Hall–Kier alpha value is -2.98. The van der Waals surface area contributed by atoms with Crippen LogP contribution >= 0.6 is 23.1 Å². The summed E-state index contributed by atoms with van der Waals surface area (Å²) in [6.45, 7) is 0.672. The molecule has 0 saturated carbocycles. The fourth-order valence-electron chi connectivity index (χ4n) is 2.54. The predicted molar refractivity (Wildman–Crippen MR) is 107 cm³/mol. The van der Waals surface area contributed by atoms with Gasteiger partial charge in [0.05, 0.1) is 17.2 Å². The predicted octanol–water partition coefficient (Wildman–Crippen LogP) is 2.70. The van der Waals surface area contributed by atoms with Gasteiger partial charge in [-0.05, 0) is 17.0 Å². The highest BCUT2D eigenvalue weighted by Gasteiger charge is 2.16. The molecule has 0 unspecified atom stereocenters. The van der Waals surface area contributed by atoms with Crippen molar-refractivity contribution in [3.05, 3.63) is 59.2 Å². The molecular formula is C17H16N8S2. The van der Waals surface area contributed by atoms with E-state index in [1.165, 1.54) is 17.3 Å². The van der Waals surface area contributed by atoms with Gasteiger partial charge < -0.3 is 11.5 Å². The summed E-state index contributed by atoms with van der Waals surface area (Å²) in [7, 11) is 0. The van der Waals surface area contributed by atoms with Crippen molar-refractivity contribution in [2.24, 2.45) is 0 Å². The van der Waals surface area contributed by atoms with Crippen molar-refractivity contribution in [1.29, 1.82) is 0 Å². The van der Waals surface area contributed by atoms with Crippen LogP contribution in [0.15, 0.2) is 53.0 Å².